The fourth-order valence-corrected chi connectivity index (χ4v) is 6.11. The molecule has 2 saturated heterocycles. The molecule has 3 aliphatic heterocycles. The SMILES string of the molecule is O=C1CCC(N2C(=O)c3cccc(CNC4CCCCC45CCNCC5)c3C2=O)C(=O)N1. The van der Waals surface area contributed by atoms with Crippen LogP contribution in [0.4, 0.5) is 0 Å². The summed E-state index contributed by atoms with van der Waals surface area (Å²) in [6.45, 7) is 2.62. The third-order valence-electron chi connectivity index (χ3n) is 7.85. The van der Waals surface area contributed by atoms with E-state index in [0.717, 1.165) is 42.8 Å². The van der Waals surface area contributed by atoms with Crippen molar-refractivity contribution in [3.8, 4) is 0 Å². The van der Waals surface area contributed by atoms with Crippen molar-refractivity contribution < 1.29 is 19.2 Å². The Labute approximate surface area is 187 Å². The lowest BCUT2D eigenvalue weighted by atomic mass is 9.65. The van der Waals surface area contributed by atoms with Crippen LogP contribution in [-0.4, -0.2) is 53.7 Å². The predicted octanol–water partition coefficient (Wildman–Crippen LogP) is 1.49. The number of carbonyl (C=O) groups excluding carboxylic acids is 4. The van der Waals surface area contributed by atoms with Crippen molar-refractivity contribution >= 4 is 23.6 Å². The van der Waals surface area contributed by atoms with Gasteiger partial charge in [-0.25, -0.2) is 0 Å². The molecular weight excluding hydrogens is 408 g/mol. The molecule has 1 aromatic rings. The van der Waals surface area contributed by atoms with E-state index in [-0.39, 0.29) is 18.7 Å². The summed E-state index contributed by atoms with van der Waals surface area (Å²) in [5.74, 6) is -1.83. The molecule has 2 atom stereocenters. The number of fused-ring (bicyclic) bond motifs is 1. The highest BCUT2D eigenvalue weighted by Crippen LogP contribution is 2.43. The van der Waals surface area contributed by atoms with E-state index < -0.39 is 23.8 Å². The summed E-state index contributed by atoms with van der Waals surface area (Å²) in [5, 5.41) is 9.46. The summed E-state index contributed by atoms with van der Waals surface area (Å²) < 4.78 is 0. The van der Waals surface area contributed by atoms with E-state index in [1.807, 2.05) is 6.07 Å². The van der Waals surface area contributed by atoms with Gasteiger partial charge >= 0.3 is 0 Å². The number of nitrogens with one attached hydrogen (secondary N) is 3. The van der Waals surface area contributed by atoms with Crippen molar-refractivity contribution in [3.05, 3.63) is 34.9 Å². The van der Waals surface area contributed by atoms with E-state index in [9.17, 15) is 19.2 Å². The van der Waals surface area contributed by atoms with Gasteiger partial charge in [0.05, 0.1) is 11.1 Å². The van der Waals surface area contributed by atoms with Crippen LogP contribution >= 0.6 is 0 Å². The maximum atomic E-state index is 13.3. The van der Waals surface area contributed by atoms with E-state index in [4.69, 9.17) is 0 Å². The minimum Gasteiger partial charge on any atom is -0.317 e. The van der Waals surface area contributed by atoms with E-state index in [2.05, 4.69) is 16.0 Å². The molecule has 32 heavy (non-hydrogen) atoms. The molecule has 3 N–H and O–H groups in total. The third kappa shape index (κ3) is 3.55. The van der Waals surface area contributed by atoms with Crippen molar-refractivity contribution in [2.24, 2.45) is 5.41 Å². The maximum absolute atomic E-state index is 13.3. The molecule has 3 heterocycles. The molecule has 0 radical (unpaired) electrons. The molecule has 1 saturated carbocycles. The van der Waals surface area contributed by atoms with Crippen LogP contribution in [0.15, 0.2) is 18.2 Å². The first-order valence-corrected chi connectivity index (χ1v) is 11.8. The number of piperidine rings is 2. The molecule has 1 spiro atoms. The zero-order valence-corrected chi connectivity index (χ0v) is 18.2. The van der Waals surface area contributed by atoms with Gasteiger partial charge < -0.3 is 10.6 Å². The Bertz CT molecular complexity index is 960. The number of carbonyl (C=O) groups is 4. The minimum atomic E-state index is -0.933. The highest BCUT2D eigenvalue weighted by molar-refractivity contribution is 6.24. The first-order valence-electron chi connectivity index (χ1n) is 11.8. The standard InChI is InChI=1S/C24H30N4O4/c29-19-8-7-17(21(30)27-19)28-22(31)16-5-3-4-15(20(16)23(28)32)14-26-18-6-1-2-9-24(18)10-12-25-13-11-24/h3-5,17-18,25-26H,1-2,6-14H2,(H,27,29,30). The summed E-state index contributed by atoms with van der Waals surface area (Å²) in [5.41, 5.74) is 1.84. The molecule has 8 nitrogen and oxygen atoms in total. The van der Waals surface area contributed by atoms with Gasteiger partial charge in [-0.05, 0) is 62.2 Å². The topological polar surface area (TPSA) is 108 Å². The number of hydrogen-bond donors (Lipinski definition) is 3. The van der Waals surface area contributed by atoms with Crippen molar-refractivity contribution in [3.63, 3.8) is 0 Å². The van der Waals surface area contributed by atoms with Crippen LogP contribution in [0.3, 0.4) is 0 Å². The van der Waals surface area contributed by atoms with Gasteiger partial charge in [-0.1, -0.05) is 25.0 Å². The molecule has 5 rings (SSSR count). The largest absolute Gasteiger partial charge is 0.317 e. The van der Waals surface area contributed by atoms with Gasteiger partial charge in [0.2, 0.25) is 11.8 Å². The van der Waals surface area contributed by atoms with Gasteiger partial charge in [-0.15, -0.1) is 0 Å². The average Bonchev–Trinajstić information content (AvgIpc) is 3.05. The normalized spacial score (nSPS) is 27.6. The van der Waals surface area contributed by atoms with Gasteiger partial charge in [0.15, 0.2) is 0 Å². The van der Waals surface area contributed by atoms with Gasteiger partial charge in [0, 0.05) is 19.0 Å². The Kier molecular flexibility index (Phi) is 5.59. The number of rotatable bonds is 4. The summed E-state index contributed by atoms with van der Waals surface area (Å²) in [7, 11) is 0. The van der Waals surface area contributed by atoms with Crippen molar-refractivity contribution in [2.75, 3.05) is 13.1 Å². The summed E-state index contributed by atoms with van der Waals surface area (Å²) in [4.78, 5) is 51.2. The van der Waals surface area contributed by atoms with Crippen LogP contribution in [-0.2, 0) is 16.1 Å². The van der Waals surface area contributed by atoms with Gasteiger partial charge in [-0.3, -0.25) is 29.4 Å². The van der Waals surface area contributed by atoms with Crippen LogP contribution < -0.4 is 16.0 Å². The fraction of sp³-hybridized carbons (Fsp3) is 0.583. The highest BCUT2D eigenvalue weighted by Gasteiger charge is 2.46. The first kappa shape index (κ1) is 21.3. The van der Waals surface area contributed by atoms with Crippen LogP contribution in [0.5, 0.6) is 0 Å². The monoisotopic (exact) mass is 438 g/mol. The lowest BCUT2D eigenvalue weighted by Crippen LogP contribution is -2.54. The molecule has 1 aliphatic carbocycles. The van der Waals surface area contributed by atoms with Crippen molar-refractivity contribution in [1.29, 1.82) is 0 Å². The lowest BCUT2D eigenvalue weighted by molar-refractivity contribution is -0.136. The average molecular weight is 439 g/mol. The van der Waals surface area contributed by atoms with Gasteiger partial charge in [0.25, 0.3) is 11.8 Å². The molecule has 2 unspecified atom stereocenters. The molecule has 170 valence electrons. The number of hydrogen-bond acceptors (Lipinski definition) is 6. The Balaban J connectivity index is 1.36. The Morgan fingerprint density at radius 2 is 1.81 bits per heavy atom. The molecule has 4 aliphatic rings. The van der Waals surface area contributed by atoms with E-state index in [1.54, 1.807) is 12.1 Å². The highest BCUT2D eigenvalue weighted by atomic mass is 16.2. The lowest BCUT2D eigenvalue weighted by Gasteiger charge is -2.47. The molecule has 8 heteroatoms. The maximum Gasteiger partial charge on any atom is 0.262 e. The van der Waals surface area contributed by atoms with E-state index >= 15 is 0 Å². The summed E-state index contributed by atoms with van der Waals surface area (Å²) >= 11 is 0. The van der Waals surface area contributed by atoms with E-state index in [1.165, 1.54) is 19.3 Å². The fourth-order valence-electron chi connectivity index (χ4n) is 6.11. The van der Waals surface area contributed by atoms with Gasteiger partial charge in [-0.2, -0.15) is 0 Å². The first-order chi connectivity index (χ1) is 15.5. The number of amides is 4. The van der Waals surface area contributed by atoms with Crippen LogP contribution in [0.1, 0.15) is 77.6 Å². The Hall–Kier alpha value is -2.58. The minimum absolute atomic E-state index is 0.122. The zero-order chi connectivity index (χ0) is 22.3. The van der Waals surface area contributed by atoms with Crippen molar-refractivity contribution in [1.82, 2.24) is 20.9 Å². The summed E-state index contributed by atoms with van der Waals surface area (Å²) in [6, 6.07) is 4.81. The Morgan fingerprint density at radius 1 is 1.00 bits per heavy atom. The third-order valence-corrected chi connectivity index (χ3v) is 7.85. The molecule has 0 bridgehead atoms. The molecule has 1 aromatic carbocycles. The van der Waals surface area contributed by atoms with Crippen LogP contribution in [0.2, 0.25) is 0 Å². The second kappa shape index (κ2) is 8.41. The number of imide groups is 2. The molecule has 4 amide bonds. The van der Waals surface area contributed by atoms with Crippen LogP contribution in [0, 0.1) is 5.41 Å². The Morgan fingerprint density at radius 3 is 2.59 bits per heavy atom. The predicted molar refractivity (Wildman–Crippen MR) is 117 cm³/mol. The molecule has 3 fully saturated rings. The van der Waals surface area contributed by atoms with Gasteiger partial charge in [0.1, 0.15) is 6.04 Å². The second-order valence-electron chi connectivity index (χ2n) is 9.58. The number of benzene rings is 1. The smallest absolute Gasteiger partial charge is 0.262 e. The zero-order valence-electron chi connectivity index (χ0n) is 18.2. The number of nitrogens with zero attached hydrogens (tertiary/aromatic N) is 1. The summed E-state index contributed by atoms with van der Waals surface area (Å²) in [6.07, 6.45) is 7.47. The van der Waals surface area contributed by atoms with E-state index in [0.29, 0.717) is 29.1 Å². The van der Waals surface area contributed by atoms with Crippen molar-refractivity contribution in [2.45, 2.75) is 70.0 Å². The second-order valence-corrected chi connectivity index (χ2v) is 9.58. The van der Waals surface area contributed by atoms with Crippen LogP contribution in [0.25, 0.3) is 0 Å². The quantitative estimate of drug-likeness (QED) is 0.615. The molecular formula is C24H30N4O4. The molecule has 0 aromatic heterocycles.